The number of methoxy groups -OCH3 is 1. The van der Waals surface area contributed by atoms with E-state index >= 15 is 0 Å². The van der Waals surface area contributed by atoms with Gasteiger partial charge in [0.05, 0.1) is 18.4 Å². The zero-order chi connectivity index (χ0) is 19.2. The second kappa shape index (κ2) is 8.05. The molecule has 0 atom stereocenters. The first-order chi connectivity index (χ1) is 13.1. The second-order valence-electron chi connectivity index (χ2n) is 5.42. The van der Waals surface area contributed by atoms with Crippen molar-refractivity contribution in [2.45, 2.75) is 0 Å². The van der Waals surface area contributed by atoms with E-state index in [2.05, 4.69) is 20.6 Å². The fraction of sp³-hybridized carbons (Fsp3) is 0.0526. The quantitative estimate of drug-likeness (QED) is 0.672. The van der Waals surface area contributed by atoms with E-state index in [1.165, 1.54) is 31.6 Å². The number of hydrogen-bond donors (Lipinski definition) is 2. The molecule has 0 bridgehead atoms. The van der Waals surface area contributed by atoms with Crippen LogP contribution in [0.25, 0.3) is 0 Å². The molecule has 3 aromatic rings. The number of carbonyl (C=O) groups is 2. The minimum absolute atomic E-state index is 0.0728. The van der Waals surface area contributed by atoms with Gasteiger partial charge in [0.1, 0.15) is 23.7 Å². The van der Waals surface area contributed by atoms with Crippen LogP contribution in [0.1, 0.15) is 20.8 Å². The number of carbonyl (C=O) groups excluding carboxylic acids is 2. The van der Waals surface area contributed by atoms with Gasteiger partial charge in [-0.1, -0.05) is 18.2 Å². The lowest BCUT2D eigenvalue weighted by Crippen LogP contribution is -2.17. The normalized spacial score (nSPS) is 10.1. The minimum atomic E-state index is -0.568. The number of anilines is 3. The molecule has 27 heavy (non-hydrogen) atoms. The van der Waals surface area contributed by atoms with Gasteiger partial charge in [-0.15, -0.1) is 0 Å². The van der Waals surface area contributed by atoms with Gasteiger partial charge < -0.3 is 15.4 Å². The van der Waals surface area contributed by atoms with E-state index in [9.17, 15) is 14.0 Å². The van der Waals surface area contributed by atoms with Crippen LogP contribution in [0.2, 0.25) is 0 Å². The molecule has 7 nitrogen and oxygen atoms in total. The summed E-state index contributed by atoms with van der Waals surface area (Å²) in [5, 5.41) is 5.52. The average Bonchev–Trinajstić information content (AvgIpc) is 2.68. The number of aromatic nitrogens is 2. The van der Waals surface area contributed by atoms with Crippen LogP contribution >= 0.6 is 0 Å². The zero-order valence-corrected chi connectivity index (χ0v) is 14.3. The Morgan fingerprint density at radius 3 is 2.63 bits per heavy atom. The summed E-state index contributed by atoms with van der Waals surface area (Å²) < 4.78 is 18.0. The predicted octanol–water partition coefficient (Wildman–Crippen LogP) is 3.40. The highest BCUT2D eigenvalue weighted by atomic mass is 19.1. The average molecular weight is 366 g/mol. The fourth-order valence-corrected chi connectivity index (χ4v) is 2.33. The van der Waals surface area contributed by atoms with E-state index in [1.807, 2.05) is 0 Å². The van der Waals surface area contributed by atoms with Gasteiger partial charge in [0, 0.05) is 11.8 Å². The van der Waals surface area contributed by atoms with Crippen LogP contribution in [0.4, 0.5) is 21.6 Å². The number of rotatable bonds is 5. The summed E-state index contributed by atoms with van der Waals surface area (Å²) in [4.78, 5) is 32.2. The summed E-state index contributed by atoms with van der Waals surface area (Å²) in [6.45, 7) is 0. The number of esters is 1. The third kappa shape index (κ3) is 4.43. The highest BCUT2D eigenvalue weighted by Gasteiger charge is 2.15. The Morgan fingerprint density at radius 1 is 1.04 bits per heavy atom. The van der Waals surface area contributed by atoms with Gasteiger partial charge in [0.15, 0.2) is 0 Å². The molecule has 1 aromatic heterocycles. The van der Waals surface area contributed by atoms with E-state index in [1.54, 1.807) is 36.4 Å². The van der Waals surface area contributed by atoms with Gasteiger partial charge in [-0.05, 0) is 30.3 Å². The number of halogens is 1. The van der Waals surface area contributed by atoms with E-state index in [0.29, 0.717) is 17.2 Å². The Balaban J connectivity index is 1.79. The van der Waals surface area contributed by atoms with Gasteiger partial charge in [-0.2, -0.15) is 0 Å². The van der Waals surface area contributed by atoms with E-state index in [0.717, 1.165) is 0 Å². The summed E-state index contributed by atoms with van der Waals surface area (Å²) in [5.74, 6) is -1.17. The summed E-state index contributed by atoms with van der Waals surface area (Å²) in [5.41, 5.74) is 1.08. The van der Waals surface area contributed by atoms with Crippen molar-refractivity contribution in [3.8, 4) is 0 Å². The third-order valence-corrected chi connectivity index (χ3v) is 3.58. The van der Waals surface area contributed by atoms with Gasteiger partial charge in [0.2, 0.25) is 0 Å². The van der Waals surface area contributed by atoms with Crippen molar-refractivity contribution in [3.63, 3.8) is 0 Å². The van der Waals surface area contributed by atoms with Crippen LogP contribution in [-0.2, 0) is 4.74 Å². The second-order valence-corrected chi connectivity index (χ2v) is 5.42. The molecule has 0 aliphatic carbocycles. The Hall–Kier alpha value is -3.81. The lowest BCUT2D eigenvalue weighted by Gasteiger charge is -2.10. The predicted molar refractivity (Wildman–Crippen MR) is 97.4 cm³/mol. The number of para-hydroxylation sites is 1. The monoisotopic (exact) mass is 366 g/mol. The summed E-state index contributed by atoms with van der Waals surface area (Å²) in [6, 6.07) is 13.7. The number of nitrogens with zero attached hydrogens (tertiary/aromatic N) is 2. The molecule has 0 aliphatic rings. The number of benzene rings is 2. The molecule has 8 heteroatoms. The van der Waals surface area contributed by atoms with Crippen LogP contribution in [0, 0.1) is 5.82 Å². The Labute approximate surface area is 154 Å². The van der Waals surface area contributed by atoms with E-state index in [-0.39, 0.29) is 11.3 Å². The standard InChI is InChI=1S/C19H15FN4O3/c1-27-19(26)14-7-2-3-8-15(14)24-18(25)16-10-17(22-11-21-16)23-13-6-4-5-12(20)9-13/h2-11H,1H3,(H,24,25)(H,21,22,23). The minimum Gasteiger partial charge on any atom is -0.465 e. The highest BCUT2D eigenvalue weighted by Crippen LogP contribution is 2.19. The van der Waals surface area contributed by atoms with Crippen molar-refractivity contribution >= 4 is 29.1 Å². The van der Waals surface area contributed by atoms with E-state index < -0.39 is 17.7 Å². The van der Waals surface area contributed by atoms with Crippen LogP contribution in [0.15, 0.2) is 60.9 Å². The molecule has 136 valence electrons. The topological polar surface area (TPSA) is 93.2 Å². The molecule has 2 N–H and O–H groups in total. The number of ether oxygens (including phenoxy) is 1. The molecule has 0 unspecified atom stereocenters. The number of nitrogens with one attached hydrogen (secondary N) is 2. The van der Waals surface area contributed by atoms with Crippen LogP contribution in [0.5, 0.6) is 0 Å². The van der Waals surface area contributed by atoms with Gasteiger partial charge in [-0.25, -0.2) is 19.2 Å². The maximum Gasteiger partial charge on any atom is 0.339 e. The molecule has 0 radical (unpaired) electrons. The molecule has 2 aromatic carbocycles. The number of hydrogen-bond acceptors (Lipinski definition) is 6. The Kier molecular flexibility index (Phi) is 5.36. The lowest BCUT2D eigenvalue weighted by molar-refractivity contribution is 0.0602. The van der Waals surface area contributed by atoms with Gasteiger partial charge in [-0.3, -0.25) is 4.79 Å². The zero-order valence-electron chi connectivity index (χ0n) is 14.3. The molecule has 0 saturated carbocycles. The molecular weight excluding hydrogens is 351 g/mol. The maximum atomic E-state index is 13.3. The molecule has 3 rings (SSSR count). The van der Waals surface area contributed by atoms with Crippen LogP contribution in [-0.4, -0.2) is 29.0 Å². The summed E-state index contributed by atoms with van der Waals surface area (Å²) >= 11 is 0. The fourth-order valence-electron chi connectivity index (χ4n) is 2.33. The first-order valence-electron chi connectivity index (χ1n) is 7.90. The van der Waals surface area contributed by atoms with Crippen LogP contribution in [0.3, 0.4) is 0 Å². The molecule has 1 amide bonds. The summed E-state index contributed by atoms with van der Waals surface area (Å²) in [7, 11) is 1.26. The maximum absolute atomic E-state index is 13.3. The van der Waals surface area contributed by atoms with E-state index in [4.69, 9.17) is 4.74 Å². The van der Waals surface area contributed by atoms with Crippen molar-refractivity contribution in [2.24, 2.45) is 0 Å². The first kappa shape index (κ1) is 18.0. The van der Waals surface area contributed by atoms with Crippen molar-refractivity contribution in [3.05, 3.63) is 78.0 Å². The molecule has 0 saturated heterocycles. The summed E-state index contributed by atoms with van der Waals surface area (Å²) in [6.07, 6.45) is 1.21. The largest absolute Gasteiger partial charge is 0.465 e. The van der Waals surface area contributed by atoms with Crippen LogP contribution < -0.4 is 10.6 Å². The molecule has 1 heterocycles. The molecule has 0 spiro atoms. The lowest BCUT2D eigenvalue weighted by atomic mass is 10.1. The van der Waals surface area contributed by atoms with Gasteiger partial charge >= 0.3 is 5.97 Å². The van der Waals surface area contributed by atoms with Crippen molar-refractivity contribution < 1.29 is 18.7 Å². The molecule has 0 aliphatic heterocycles. The van der Waals surface area contributed by atoms with Gasteiger partial charge in [0.25, 0.3) is 5.91 Å². The number of amides is 1. The molecular formula is C19H15FN4O3. The van der Waals surface area contributed by atoms with Crippen molar-refractivity contribution in [2.75, 3.05) is 17.7 Å². The first-order valence-corrected chi connectivity index (χ1v) is 7.90. The van der Waals surface area contributed by atoms with Crippen molar-refractivity contribution in [1.82, 2.24) is 9.97 Å². The smallest absolute Gasteiger partial charge is 0.339 e. The SMILES string of the molecule is COC(=O)c1ccccc1NC(=O)c1cc(Nc2cccc(F)c2)ncn1. The molecule has 0 fully saturated rings. The third-order valence-electron chi connectivity index (χ3n) is 3.58. The van der Waals surface area contributed by atoms with Crippen molar-refractivity contribution in [1.29, 1.82) is 0 Å². The Bertz CT molecular complexity index is 994. The highest BCUT2D eigenvalue weighted by molar-refractivity contribution is 6.07. The Morgan fingerprint density at radius 2 is 1.85 bits per heavy atom.